The second-order valence-electron chi connectivity index (χ2n) is 9.02. The summed E-state index contributed by atoms with van der Waals surface area (Å²) in [6.07, 6.45) is -0.803. The number of carbonyl (C=O) groups is 1. The average Bonchev–Trinajstić information content (AvgIpc) is 2.93. The second kappa shape index (κ2) is 11.9. The van der Waals surface area contributed by atoms with Gasteiger partial charge in [-0.05, 0) is 61.9 Å². The first-order chi connectivity index (χ1) is 19.0. The van der Waals surface area contributed by atoms with Crippen molar-refractivity contribution in [2.75, 3.05) is 9.03 Å². The third kappa shape index (κ3) is 6.33. The molecule has 0 aliphatic heterocycles. The number of carbonyl (C=O) groups excluding carboxylic acids is 1. The van der Waals surface area contributed by atoms with Crippen LogP contribution in [0.3, 0.4) is 0 Å². The first-order valence-corrected chi connectivity index (χ1v) is 15.1. The molecule has 11 heteroatoms. The molecule has 0 aliphatic rings. The number of rotatable bonds is 9. The van der Waals surface area contributed by atoms with E-state index in [4.69, 9.17) is 4.74 Å². The number of nitrogens with one attached hydrogen (secondary N) is 1. The van der Waals surface area contributed by atoms with Crippen LogP contribution in [0.1, 0.15) is 22.3 Å². The molecule has 4 aromatic rings. The fourth-order valence-corrected chi connectivity index (χ4v) is 7.51. The zero-order valence-corrected chi connectivity index (χ0v) is 23.4. The first kappa shape index (κ1) is 28.8. The van der Waals surface area contributed by atoms with Crippen molar-refractivity contribution in [3.8, 4) is 0 Å². The van der Waals surface area contributed by atoms with Crippen molar-refractivity contribution in [3.63, 3.8) is 0 Å². The Morgan fingerprint density at radius 3 is 1.80 bits per heavy atom. The molecule has 0 fully saturated rings. The number of hydrogen-bond donors (Lipinski definition) is 2. The molecule has 0 aromatic heterocycles. The van der Waals surface area contributed by atoms with E-state index >= 15 is 0 Å². The third-order valence-corrected chi connectivity index (χ3v) is 10.2. The van der Waals surface area contributed by atoms with Gasteiger partial charge in [-0.2, -0.15) is 3.71 Å². The van der Waals surface area contributed by atoms with Gasteiger partial charge in [0.15, 0.2) is 0 Å². The molecular weight excluding hydrogens is 552 g/mol. The molecule has 1 amide bonds. The van der Waals surface area contributed by atoms with E-state index in [1.54, 1.807) is 62.4 Å². The Morgan fingerprint density at radius 1 is 0.775 bits per heavy atom. The second-order valence-corrected chi connectivity index (χ2v) is 12.8. The topological polar surface area (TPSA) is 130 Å². The summed E-state index contributed by atoms with van der Waals surface area (Å²) in [5.41, 5.74) is 2.33. The number of ether oxygens (including phenoxy) is 1. The van der Waals surface area contributed by atoms with Crippen molar-refractivity contribution in [2.45, 2.75) is 36.9 Å². The number of amides is 1. The predicted octanol–water partition coefficient (Wildman–Crippen LogP) is 5.13. The standard InChI is InChI=1S/C29H28N2O7S2/c1-21-8-13-26(14-9-21)39(34,35)31(40(36,37)27-15-10-22(2)11-16-27)25-12-17-28(24(18-25)19-32)30-29(33)38-20-23-6-4-3-5-7-23/h3-18,32H,19-20H2,1-2H3,(H,30,33). The van der Waals surface area contributed by atoms with Gasteiger partial charge >= 0.3 is 6.09 Å². The van der Waals surface area contributed by atoms with Crippen LogP contribution in [0.2, 0.25) is 0 Å². The molecule has 0 spiro atoms. The number of hydrogen-bond acceptors (Lipinski definition) is 7. The zero-order chi connectivity index (χ0) is 28.9. The van der Waals surface area contributed by atoms with E-state index in [1.807, 2.05) is 6.07 Å². The van der Waals surface area contributed by atoms with Crippen molar-refractivity contribution < 1.29 is 31.5 Å². The summed E-state index contributed by atoms with van der Waals surface area (Å²) in [6.45, 7) is 2.95. The number of benzene rings is 4. The van der Waals surface area contributed by atoms with Crippen molar-refractivity contribution in [1.82, 2.24) is 0 Å². The Morgan fingerprint density at radius 2 is 1.30 bits per heavy atom. The molecule has 0 aliphatic carbocycles. The molecule has 0 heterocycles. The van der Waals surface area contributed by atoms with Crippen LogP contribution >= 0.6 is 0 Å². The molecule has 208 valence electrons. The van der Waals surface area contributed by atoms with E-state index in [9.17, 15) is 26.7 Å². The van der Waals surface area contributed by atoms with Gasteiger partial charge in [-0.1, -0.05) is 65.7 Å². The molecule has 9 nitrogen and oxygen atoms in total. The van der Waals surface area contributed by atoms with E-state index in [0.717, 1.165) is 16.7 Å². The summed E-state index contributed by atoms with van der Waals surface area (Å²) < 4.78 is 60.8. The van der Waals surface area contributed by atoms with E-state index in [2.05, 4.69) is 5.32 Å². The molecule has 4 aromatic carbocycles. The van der Waals surface area contributed by atoms with Gasteiger partial charge in [0.25, 0.3) is 20.0 Å². The molecule has 4 rings (SSSR count). The van der Waals surface area contributed by atoms with Crippen LogP contribution in [0.25, 0.3) is 0 Å². The highest BCUT2D eigenvalue weighted by molar-refractivity contribution is 8.10. The first-order valence-electron chi connectivity index (χ1n) is 12.2. The minimum Gasteiger partial charge on any atom is -0.444 e. The van der Waals surface area contributed by atoms with Crippen molar-refractivity contribution in [1.29, 1.82) is 0 Å². The summed E-state index contributed by atoms with van der Waals surface area (Å²) in [6, 6.07) is 24.4. The van der Waals surface area contributed by atoms with Gasteiger partial charge in [0.1, 0.15) is 6.61 Å². The lowest BCUT2D eigenvalue weighted by Gasteiger charge is -2.25. The van der Waals surface area contributed by atoms with Gasteiger partial charge in [-0.3, -0.25) is 5.32 Å². The molecule has 2 N–H and O–H groups in total. The Bertz CT molecular complexity index is 1630. The number of aryl methyl sites for hydroxylation is 2. The van der Waals surface area contributed by atoms with Gasteiger partial charge in [0.05, 0.1) is 22.1 Å². The number of nitrogens with zero attached hydrogens (tertiary/aromatic N) is 1. The average molecular weight is 581 g/mol. The highest BCUT2D eigenvalue weighted by Gasteiger charge is 2.37. The molecule has 0 radical (unpaired) electrons. The maximum absolute atomic E-state index is 13.8. The lowest BCUT2D eigenvalue weighted by molar-refractivity contribution is 0.155. The van der Waals surface area contributed by atoms with Crippen molar-refractivity contribution >= 4 is 37.5 Å². The summed E-state index contributed by atoms with van der Waals surface area (Å²) in [4.78, 5) is 11.9. The SMILES string of the molecule is Cc1ccc(S(=O)(=O)N(c2ccc(NC(=O)OCc3ccccc3)c(CO)c2)S(=O)(=O)c2ccc(C)cc2)cc1. The van der Waals surface area contributed by atoms with Gasteiger partial charge in [0.2, 0.25) is 0 Å². The fourth-order valence-electron chi connectivity index (χ4n) is 3.83. The number of sulfonamides is 2. The van der Waals surface area contributed by atoms with Gasteiger partial charge in [0, 0.05) is 11.3 Å². The maximum Gasteiger partial charge on any atom is 0.411 e. The van der Waals surface area contributed by atoms with Crippen LogP contribution in [0.15, 0.2) is 107 Å². The minimum atomic E-state index is -4.64. The zero-order valence-electron chi connectivity index (χ0n) is 21.8. The molecule has 0 saturated heterocycles. The Balaban J connectivity index is 1.73. The van der Waals surface area contributed by atoms with E-state index in [1.165, 1.54) is 42.5 Å². The maximum atomic E-state index is 13.8. The predicted molar refractivity (Wildman–Crippen MR) is 152 cm³/mol. The Labute approximate surface area is 233 Å². The summed E-state index contributed by atoms with van der Waals surface area (Å²) in [5.74, 6) is 0. The van der Waals surface area contributed by atoms with Crippen LogP contribution in [-0.2, 0) is 38.0 Å². The molecule has 0 bridgehead atoms. The van der Waals surface area contributed by atoms with Crippen LogP contribution < -0.4 is 9.03 Å². The smallest absolute Gasteiger partial charge is 0.411 e. The van der Waals surface area contributed by atoms with Crippen LogP contribution in [-0.4, -0.2) is 28.0 Å². The number of anilines is 2. The van der Waals surface area contributed by atoms with Crippen LogP contribution in [0.5, 0.6) is 0 Å². The molecule has 0 saturated carbocycles. The quantitative estimate of drug-likeness (QED) is 0.281. The Hall–Kier alpha value is -4.19. The van der Waals surface area contributed by atoms with E-state index in [-0.39, 0.29) is 33.3 Å². The number of aliphatic hydroxyl groups excluding tert-OH is 1. The summed E-state index contributed by atoms with van der Waals surface area (Å²) in [7, 11) is -9.27. The fraction of sp³-hybridized carbons (Fsp3) is 0.138. The third-order valence-electron chi connectivity index (χ3n) is 5.99. The highest BCUT2D eigenvalue weighted by Crippen LogP contribution is 2.33. The van der Waals surface area contributed by atoms with Crippen molar-refractivity contribution in [2.24, 2.45) is 0 Å². The molecule has 0 unspecified atom stereocenters. The lowest BCUT2D eigenvalue weighted by Crippen LogP contribution is -2.37. The molecule has 40 heavy (non-hydrogen) atoms. The normalized spacial score (nSPS) is 11.6. The van der Waals surface area contributed by atoms with Crippen LogP contribution in [0, 0.1) is 13.8 Å². The van der Waals surface area contributed by atoms with Gasteiger partial charge in [-0.15, -0.1) is 0 Å². The van der Waals surface area contributed by atoms with Crippen molar-refractivity contribution in [3.05, 3.63) is 119 Å². The largest absolute Gasteiger partial charge is 0.444 e. The lowest BCUT2D eigenvalue weighted by atomic mass is 10.1. The molecule has 0 atom stereocenters. The van der Waals surface area contributed by atoms with E-state index in [0.29, 0.717) is 3.71 Å². The Kier molecular flexibility index (Phi) is 8.58. The number of aliphatic hydroxyl groups is 1. The monoisotopic (exact) mass is 580 g/mol. The highest BCUT2D eigenvalue weighted by atomic mass is 32.3. The van der Waals surface area contributed by atoms with Gasteiger partial charge < -0.3 is 9.84 Å². The molecular formula is C29H28N2O7S2. The van der Waals surface area contributed by atoms with Crippen LogP contribution in [0.4, 0.5) is 16.2 Å². The summed E-state index contributed by atoms with van der Waals surface area (Å²) in [5, 5.41) is 12.5. The summed E-state index contributed by atoms with van der Waals surface area (Å²) >= 11 is 0. The minimum absolute atomic E-state index is 0.0105. The van der Waals surface area contributed by atoms with E-state index < -0.39 is 32.7 Å². The van der Waals surface area contributed by atoms with Gasteiger partial charge in [-0.25, -0.2) is 21.6 Å².